The Morgan fingerprint density at radius 1 is 0.320 bits per heavy atom. The Morgan fingerprint density at radius 3 is 1.00 bits per heavy atom. The van der Waals surface area contributed by atoms with Crippen molar-refractivity contribution in [2.45, 2.75) is 13.8 Å². The Labute approximate surface area is 286 Å². The first-order valence-corrected chi connectivity index (χ1v) is 16.6. The van der Waals surface area contributed by atoms with Gasteiger partial charge in [0.25, 0.3) is 0 Å². The molecule has 0 radical (unpaired) electrons. The molecule has 0 fully saturated rings. The molecular formula is C42H30N8. The number of nitrogens with zero attached hydrogens (tertiary/aromatic N) is 4. The van der Waals surface area contributed by atoms with Gasteiger partial charge in [0, 0.05) is 16.7 Å². The summed E-state index contributed by atoms with van der Waals surface area (Å²) >= 11 is 0. The van der Waals surface area contributed by atoms with E-state index in [0.717, 1.165) is 106 Å². The van der Waals surface area contributed by atoms with Gasteiger partial charge in [0.05, 0.1) is 44.1 Å². The monoisotopic (exact) mass is 646 g/mol. The summed E-state index contributed by atoms with van der Waals surface area (Å²) in [6.45, 7) is 4.07. The van der Waals surface area contributed by atoms with Crippen LogP contribution in [0.4, 0.5) is 0 Å². The lowest BCUT2D eigenvalue weighted by atomic mass is 10.0. The van der Waals surface area contributed by atoms with Crippen molar-refractivity contribution >= 4 is 44.1 Å². The molecule has 0 saturated heterocycles. The van der Waals surface area contributed by atoms with Crippen molar-refractivity contribution in [2.75, 3.05) is 0 Å². The van der Waals surface area contributed by atoms with Gasteiger partial charge in [-0.05, 0) is 84.6 Å². The Morgan fingerprint density at radius 2 is 0.620 bits per heavy atom. The van der Waals surface area contributed by atoms with E-state index < -0.39 is 0 Å². The summed E-state index contributed by atoms with van der Waals surface area (Å²) in [5, 5.41) is 0. The molecule has 50 heavy (non-hydrogen) atoms. The zero-order valence-electron chi connectivity index (χ0n) is 27.3. The second kappa shape index (κ2) is 10.9. The Bertz CT molecular complexity index is 2880. The van der Waals surface area contributed by atoms with Crippen LogP contribution >= 0.6 is 0 Å². The van der Waals surface area contributed by atoms with E-state index in [-0.39, 0.29) is 0 Å². The van der Waals surface area contributed by atoms with Crippen LogP contribution in [0.25, 0.3) is 101 Å². The van der Waals surface area contributed by atoms with Gasteiger partial charge in [0.15, 0.2) is 0 Å². The molecule has 0 bridgehead atoms. The number of imidazole rings is 4. The lowest BCUT2D eigenvalue weighted by Gasteiger charge is -2.02. The minimum absolute atomic E-state index is 0.828. The van der Waals surface area contributed by atoms with Crippen LogP contribution in [0.3, 0.4) is 0 Å². The number of hydrogen-bond acceptors (Lipinski definition) is 4. The molecule has 0 unspecified atom stereocenters. The fraction of sp³-hybridized carbons (Fsp3) is 0.0476. The molecule has 4 aromatic heterocycles. The van der Waals surface area contributed by atoms with Crippen molar-refractivity contribution in [3.05, 3.63) is 133 Å². The standard InChI is InChI=1S/C42H30N8/c1-23-3-5-25(6-4-23)40-45-33-17-13-30(21-37(33)48-40)31-14-18-35-39(22-31)50-42(47-35)27-9-7-26(8-10-27)41-46-34-16-12-29(20-38(34)49-41)28-11-15-32-36(19-28)44-24(2)43-32/h3-22H,1-2H3,(H,43,44)(H,45,48)(H,46,49)(H,47,50). The van der Waals surface area contributed by atoms with Gasteiger partial charge in [-0.25, -0.2) is 19.9 Å². The molecule has 0 aliphatic heterocycles. The second-order valence-electron chi connectivity index (χ2n) is 12.9. The molecule has 0 spiro atoms. The van der Waals surface area contributed by atoms with Crippen LogP contribution in [0.1, 0.15) is 11.4 Å². The normalized spacial score (nSPS) is 11.8. The number of H-pyrrole nitrogens is 4. The maximum absolute atomic E-state index is 4.91. The van der Waals surface area contributed by atoms with Crippen LogP contribution < -0.4 is 0 Å². The molecule has 10 rings (SSSR count). The van der Waals surface area contributed by atoms with E-state index in [2.05, 4.69) is 153 Å². The molecule has 6 aromatic carbocycles. The van der Waals surface area contributed by atoms with Gasteiger partial charge in [-0.15, -0.1) is 0 Å². The fourth-order valence-electron chi connectivity index (χ4n) is 6.79. The molecule has 4 heterocycles. The van der Waals surface area contributed by atoms with Crippen LogP contribution in [0.15, 0.2) is 121 Å². The first kappa shape index (κ1) is 28.2. The van der Waals surface area contributed by atoms with Gasteiger partial charge >= 0.3 is 0 Å². The van der Waals surface area contributed by atoms with Crippen LogP contribution in [0, 0.1) is 13.8 Å². The van der Waals surface area contributed by atoms with Gasteiger partial charge in [-0.2, -0.15) is 0 Å². The molecule has 0 atom stereocenters. The highest BCUT2D eigenvalue weighted by atomic mass is 14.9. The van der Waals surface area contributed by atoms with E-state index in [0.29, 0.717) is 0 Å². The van der Waals surface area contributed by atoms with Gasteiger partial charge in [0.2, 0.25) is 0 Å². The van der Waals surface area contributed by atoms with Crippen LogP contribution in [0.5, 0.6) is 0 Å². The topological polar surface area (TPSA) is 115 Å². The number of aromatic nitrogens is 8. The van der Waals surface area contributed by atoms with Crippen molar-refractivity contribution in [1.29, 1.82) is 0 Å². The minimum Gasteiger partial charge on any atom is -0.342 e. The molecule has 10 aromatic rings. The second-order valence-corrected chi connectivity index (χ2v) is 12.9. The maximum atomic E-state index is 4.91. The molecule has 0 amide bonds. The molecule has 0 saturated carbocycles. The van der Waals surface area contributed by atoms with Gasteiger partial charge < -0.3 is 19.9 Å². The summed E-state index contributed by atoms with van der Waals surface area (Å²) in [6, 6.07) is 42.2. The number of aryl methyl sites for hydroxylation is 2. The highest BCUT2D eigenvalue weighted by Crippen LogP contribution is 2.31. The molecule has 8 nitrogen and oxygen atoms in total. The zero-order valence-corrected chi connectivity index (χ0v) is 27.3. The summed E-state index contributed by atoms with van der Waals surface area (Å²) in [6.07, 6.45) is 0. The van der Waals surface area contributed by atoms with Crippen molar-refractivity contribution < 1.29 is 0 Å². The predicted molar refractivity (Wildman–Crippen MR) is 202 cm³/mol. The SMILES string of the molecule is Cc1ccc(-c2nc3ccc(-c4ccc5nc(-c6ccc(-c7nc8ccc(-c9ccc%10nc(C)[nH]c%10c9)cc8[nH]7)cc6)[nH]c5c4)cc3[nH]2)cc1. The summed E-state index contributed by atoms with van der Waals surface area (Å²) in [7, 11) is 0. The number of fused-ring (bicyclic) bond motifs is 4. The number of benzene rings is 6. The van der Waals surface area contributed by atoms with Crippen LogP contribution in [0.2, 0.25) is 0 Å². The number of nitrogens with one attached hydrogen (secondary N) is 4. The third-order valence-corrected chi connectivity index (χ3v) is 9.47. The number of rotatable bonds is 5. The minimum atomic E-state index is 0.828. The first-order valence-electron chi connectivity index (χ1n) is 16.6. The average molecular weight is 647 g/mol. The smallest absolute Gasteiger partial charge is 0.138 e. The maximum Gasteiger partial charge on any atom is 0.138 e. The van der Waals surface area contributed by atoms with E-state index in [4.69, 9.17) is 15.0 Å². The summed E-state index contributed by atoms with van der Waals surface area (Å²) < 4.78 is 0. The number of hydrogen-bond donors (Lipinski definition) is 4. The molecular weight excluding hydrogens is 617 g/mol. The lowest BCUT2D eigenvalue weighted by Crippen LogP contribution is -1.83. The van der Waals surface area contributed by atoms with E-state index in [1.165, 1.54) is 5.56 Å². The van der Waals surface area contributed by atoms with Crippen LogP contribution in [-0.2, 0) is 0 Å². The van der Waals surface area contributed by atoms with Crippen molar-refractivity contribution in [1.82, 2.24) is 39.9 Å². The van der Waals surface area contributed by atoms with Crippen molar-refractivity contribution in [2.24, 2.45) is 0 Å². The first-order chi connectivity index (χ1) is 24.5. The van der Waals surface area contributed by atoms with E-state index in [9.17, 15) is 0 Å². The van der Waals surface area contributed by atoms with Crippen molar-refractivity contribution in [3.8, 4) is 56.4 Å². The van der Waals surface area contributed by atoms with Gasteiger partial charge in [0.1, 0.15) is 23.3 Å². The summed E-state index contributed by atoms with van der Waals surface area (Å²) in [4.78, 5) is 33.0. The predicted octanol–water partition coefficient (Wildman–Crippen LogP) is 10.1. The lowest BCUT2D eigenvalue weighted by molar-refractivity contribution is 1.17. The molecule has 0 aliphatic carbocycles. The molecule has 0 aliphatic rings. The van der Waals surface area contributed by atoms with E-state index >= 15 is 0 Å². The Hall–Kier alpha value is -6.80. The van der Waals surface area contributed by atoms with E-state index in [1.807, 2.05) is 6.92 Å². The van der Waals surface area contributed by atoms with E-state index in [1.54, 1.807) is 0 Å². The van der Waals surface area contributed by atoms with Crippen molar-refractivity contribution in [3.63, 3.8) is 0 Å². The highest BCUT2D eigenvalue weighted by molar-refractivity contribution is 5.90. The van der Waals surface area contributed by atoms with Gasteiger partial charge in [-0.3, -0.25) is 0 Å². The third-order valence-electron chi connectivity index (χ3n) is 9.47. The quantitative estimate of drug-likeness (QED) is 0.149. The largest absolute Gasteiger partial charge is 0.342 e. The average Bonchev–Trinajstić information content (AvgIpc) is 3.94. The Balaban J connectivity index is 0.907. The molecule has 8 heteroatoms. The Kier molecular flexibility index (Phi) is 6.13. The summed E-state index contributed by atoms with van der Waals surface area (Å²) in [5.74, 6) is 3.45. The van der Waals surface area contributed by atoms with Crippen LogP contribution in [-0.4, -0.2) is 39.9 Å². The number of aromatic amines is 4. The van der Waals surface area contributed by atoms with Gasteiger partial charge in [-0.1, -0.05) is 78.4 Å². The zero-order chi connectivity index (χ0) is 33.3. The molecule has 4 N–H and O–H groups in total. The highest BCUT2D eigenvalue weighted by Gasteiger charge is 2.12. The third kappa shape index (κ3) is 4.85. The fourth-order valence-corrected chi connectivity index (χ4v) is 6.79. The molecule has 238 valence electrons. The summed E-state index contributed by atoms with van der Waals surface area (Å²) in [5.41, 5.74) is 16.6.